The lowest BCUT2D eigenvalue weighted by Gasteiger charge is -2.22. The molecule has 47 heavy (non-hydrogen) atoms. The second kappa shape index (κ2) is 14.9. The van der Waals surface area contributed by atoms with Crippen LogP contribution in [-0.4, -0.2) is 16.3 Å². The molecule has 0 saturated carbocycles. The van der Waals surface area contributed by atoms with Gasteiger partial charge in [-0.2, -0.15) is 4.57 Å². The molecule has 240 valence electrons. The van der Waals surface area contributed by atoms with Gasteiger partial charge in [-0.15, -0.1) is 0 Å². The first-order valence-corrected chi connectivity index (χ1v) is 17.2. The molecule has 6 nitrogen and oxygen atoms in total. The molecule has 0 amide bonds. The van der Waals surface area contributed by atoms with Crippen molar-refractivity contribution in [1.82, 2.24) is 0 Å². The number of allylic oxidation sites excluding steroid dienone is 2. The highest BCUT2D eigenvalue weighted by Gasteiger charge is 2.28. The SMILES string of the molecule is CCC[n+]1c(C=C(C=C2Oc3cc4ccccc4cc3N2CCC(C)S[O-])CC)oc2cc3ccccc3cc21.C[n+]1ccccc1. The van der Waals surface area contributed by atoms with Crippen molar-refractivity contribution in [2.45, 2.75) is 51.8 Å². The Labute approximate surface area is 281 Å². The fraction of sp³-hybridized carbons (Fsp3) is 0.250. The van der Waals surface area contributed by atoms with Crippen LogP contribution >= 0.6 is 12.0 Å². The highest BCUT2D eigenvalue weighted by molar-refractivity contribution is 7.94. The number of aryl methyl sites for hydroxylation is 2. The maximum absolute atomic E-state index is 11.4. The normalized spacial score (nSPS) is 14.4. The van der Waals surface area contributed by atoms with E-state index in [0.717, 1.165) is 71.1 Å². The molecular weight excluding hydrogens is 603 g/mol. The van der Waals surface area contributed by atoms with E-state index in [1.54, 1.807) is 0 Å². The monoisotopic (exact) mass is 644 g/mol. The summed E-state index contributed by atoms with van der Waals surface area (Å²) in [5.74, 6) is 2.47. The summed E-state index contributed by atoms with van der Waals surface area (Å²) in [5, 5.41) is 4.72. The maximum Gasteiger partial charge on any atom is 0.374 e. The molecule has 0 aliphatic carbocycles. The molecule has 1 aliphatic heterocycles. The second-order valence-corrected chi connectivity index (χ2v) is 13.0. The van der Waals surface area contributed by atoms with Crippen LogP contribution in [0.2, 0.25) is 0 Å². The third kappa shape index (κ3) is 7.37. The molecule has 4 aromatic carbocycles. The van der Waals surface area contributed by atoms with Gasteiger partial charge in [-0.3, -0.25) is 12.0 Å². The number of aromatic nitrogens is 2. The van der Waals surface area contributed by atoms with Crippen LogP contribution in [-0.2, 0) is 13.6 Å². The molecule has 6 aromatic rings. The van der Waals surface area contributed by atoms with E-state index in [1.165, 1.54) is 16.2 Å². The molecule has 1 aliphatic rings. The molecule has 1 atom stereocenters. The van der Waals surface area contributed by atoms with Crippen molar-refractivity contribution >= 4 is 56.5 Å². The minimum atomic E-state index is 0.0195. The minimum Gasteiger partial charge on any atom is -0.799 e. The van der Waals surface area contributed by atoms with Gasteiger partial charge < -0.3 is 18.6 Å². The molecule has 7 rings (SSSR count). The summed E-state index contributed by atoms with van der Waals surface area (Å²) in [7, 11) is 2.00. The van der Waals surface area contributed by atoms with Gasteiger partial charge in [0, 0.05) is 37.2 Å². The molecular formula is C40H42N3O3S+. The van der Waals surface area contributed by atoms with Crippen LogP contribution in [0.5, 0.6) is 5.75 Å². The number of nitrogens with zero attached hydrogens (tertiary/aromatic N) is 3. The lowest BCUT2D eigenvalue weighted by Crippen LogP contribution is -2.35. The predicted molar refractivity (Wildman–Crippen MR) is 193 cm³/mol. The van der Waals surface area contributed by atoms with Crippen LogP contribution in [0.15, 0.2) is 125 Å². The van der Waals surface area contributed by atoms with Crippen LogP contribution in [0.25, 0.3) is 38.7 Å². The van der Waals surface area contributed by atoms with Gasteiger partial charge in [-0.1, -0.05) is 75.4 Å². The quantitative estimate of drug-likeness (QED) is 0.116. The topological polar surface area (TPSA) is 56.4 Å². The number of pyridine rings is 1. The molecule has 0 radical (unpaired) electrons. The Morgan fingerprint density at radius 3 is 2.17 bits per heavy atom. The fourth-order valence-corrected chi connectivity index (χ4v) is 6.08. The van der Waals surface area contributed by atoms with Crippen molar-refractivity contribution in [2.24, 2.45) is 7.05 Å². The number of ether oxygens (including phenoxy) is 1. The van der Waals surface area contributed by atoms with E-state index in [4.69, 9.17) is 9.15 Å². The number of oxazole rings is 1. The van der Waals surface area contributed by atoms with Gasteiger partial charge in [-0.05, 0) is 63.4 Å². The fourth-order valence-electron chi connectivity index (χ4n) is 5.88. The molecule has 0 bridgehead atoms. The maximum atomic E-state index is 11.4. The Morgan fingerprint density at radius 2 is 1.55 bits per heavy atom. The molecule has 7 heteroatoms. The number of benzene rings is 4. The van der Waals surface area contributed by atoms with E-state index < -0.39 is 0 Å². The standard InChI is InChI=1S/C34H34N2O3S.C6H8N/c1-4-15-35-29-19-25-10-6-8-12-27(25)21-31(29)38-33(35)17-24(5-2)18-34-36(16-14-23(3)40-37)30-20-26-11-7-9-13-28(26)22-32(30)39-34;1-7-5-3-2-4-6-7/h6-13,17-23H,4-5,14-16H2,1-3H3;2-6H,1H3/q;+1. The molecule has 2 aromatic heterocycles. The third-order valence-electron chi connectivity index (χ3n) is 8.46. The van der Waals surface area contributed by atoms with Crippen LogP contribution < -0.4 is 18.8 Å². The lowest BCUT2D eigenvalue weighted by molar-refractivity contribution is -0.678. The minimum absolute atomic E-state index is 0.0195. The van der Waals surface area contributed by atoms with Gasteiger partial charge in [-0.25, -0.2) is 4.57 Å². The van der Waals surface area contributed by atoms with Crippen LogP contribution in [0, 0.1) is 0 Å². The van der Waals surface area contributed by atoms with E-state index in [0.29, 0.717) is 18.6 Å². The second-order valence-electron chi connectivity index (χ2n) is 12.0. The van der Waals surface area contributed by atoms with Crippen molar-refractivity contribution in [3.63, 3.8) is 0 Å². The molecule has 0 fully saturated rings. The first kappa shape index (κ1) is 32.4. The number of hydrogen-bond acceptors (Lipinski definition) is 5. The lowest BCUT2D eigenvalue weighted by atomic mass is 10.1. The summed E-state index contributed by atoms with van der Waals surface area (Å²) in [6, 6.07) is 31.4. The van der Waals surface area contributed by atoms with Gasteiger partial charge in [0.2, 0.25) is 11.5 Å². The smallest absolute Gasteiger partial charge is 0.374 e. The van der Waals surface area contributed by atoms with Crippen molar-refractivity contribution in [3.05, 3.63) is 127 Å². The van der Waals surface area contributed by atoms with Crippen molar-refractivity contribution in [2.75, 3.05) is 11.4 Å². The average Bonchev–Trinajstić information content (AvgIpc) is 3.60. The highest BCUT2D eigenvalue weighted by Crippen LogP contribution is 2.42. The summed E-state index contributed by atoms with van der Waals surface area (Å²) in [6.07, 6.45) is 10.9. The Kier molecular flexibility index (Phi) is 10.2. The van der Waals surface area contributed by atoms with Gasteiger partial charge >= 0.3 is 5.89 Å². The van der Waals surface area contributed by atoms with E-state index in [2.05, 4.69) is 102 Å². The molecule has 0 N–H and O–H groups in total. The highest BCUT2D eigenvalue weighted by atomic mass is 32.2. The summed E-state index contributed by atoms with van der Waals surface area (Å²) in [6.45, 7) is 7.90. The van der Waals surface area contributed by atoms with Crippen molar-refractivity contribution in [3.8, 4) is 5.75 Å². The van der Waals surface area contributed by atoms with Gasteiger partial charge in [0.1, 0.15) is 7.05 Å². The summed E-state index contributed by atoms with van der Waals surface area (Å²) >= 11 is 0.659. The number of fused-ring (bicyclic) bond motifs is 4. The van der Waals surface area contributed by atoms with Gasteiger partial charge in [0.15, 0.2) is 24.7 Å². The van der Waals surface area contributed by atoms with Gasteiger partial charge in [0.05, 0.1) is 11.8 Å². The number of hydrogen-bond donors (Lipinski definition) is 0. The van der Waals surface area contributed by atoms with Crippen LogP contribution in [0.3, 0.4) is 0 Å². The summed E-state index contributed by atoms with van der Waals surface area (Å²) in [5.41, 5.74) is 4.15. The van der Waals surface area contributed by atoms with E-state index in [1.807, 2.05) is 55.2 Å². The zero-order valence-electron chi connectivity index (χ0n) is 27.6. The zero-order valence-corrected chi connectivity index (χ0v) is 28.4. The Hall–Kier alpha value is -4.59. The largest absolute Gasteiger partial charge is 0.799 e. The first-order valence-electron chi connectivity index (χ1n) is 16.4. The van der Waals surface area contributed by atoms with E-state index in [9.17, 15) is 4.55 Å². The Morgan fingerprint density at radius 1 is 0.894 bits per heavy atom. The third-order valence-corrected chi connectivity index (χ3v) is 9.02. The summed E-state index contributed by atoms with van der Waals surface area (Å²) < 4.78 is 28.6. The molecule has 0 saturated heterocycles. The average molecular weight is 645 g/mol. The van der Waals surface area contributed by atoms with E-state index in [-0.39, 0.29) is 5.25 Å². The van der Waals surface area contributed by atoms with Gasteiger partial charge in [0.25, 0.3) is 5.52 Å². The van der Waals surface area contributed by atoms with Crippen LogP contribution in [0.1, 0.15) is 45.9 Å². The molecule has 3 heterocycles. The Balaban J connectivity index is 0.000000491. The number of anilines is 1. The Bertz CT molecular complexity index is 2050. The predicted octanol–water partition coefficient (Wildman–Crippen LogP) is 9.12. The van der Waals surface area contributed by atoms with Crippen molar-refractivity contribution < 1.29 is 22.8 Å². The first-order chi connectivity index (χ1) is 23.0. The molecule has 1 unspecified atom stereocenters. The summed E-state index contributed by atoms with van der Waals surface area (Å²) in [4.78, 5) is 2.21. The molecule has 0 spiro atoms. The van der Waals surface area contributed by atoms with E-state index >= 15 is 0 Å². The van der Waals surface area contributed by atoms with Crippen LogP contribution in [0.4, 0.5) is 5.69 Å². The van der Waals surface area contributed by atoms with Crippen molar-refractivity contribution in [1.29, 1.82) is 0 Å². The zero-order chi connectivity index (χ0) is 32.8. The number of rotatable bonds is 9.